The molecule has 3 heterocycles. The molecule has 2 aromatic rings. The average molecular weight is 327 g/mol. The van der Waals surface area contributed by atoms with E-state index in [-0.39, 0.29) is 23.4 Å². The van der Waals surface area contributed by atoms with Crippen molar-refractivity contribution in [3.8, 4) is 11.3 Å². The van der Waals surface area contributed by atoms with Crippen molar-refractivity contribution < 1.29 is 14.1 Å². The first-order valence-electron chi connectivity index (χ1n) is 8.02. The fraction of sp³-hybridized carbons (Fsp3) is 0.353. The van der Waals surface area contributed by atoms with Gasteiger partial charge in [0.25, 0.3) is 11.6 Å². The molecule has 4 rings (SSSR count). The molecule has 2 aliphatic heterocycles. The zero-order chi connectivity index (χ0) is 16.7. The van der Waals surface area contributed by atoms with Crippen molar-refractivity contribution in [3.63, 3.8) is 0 Å². The van der Waals surface area contributed by atoms with Crippen molar-refractivity contribution in [3.05, 3.63) is 52.3 Å². The lowest BCUT2D eigenvalue weighted by atomic mass is 9.95. The van der Waals surface area contributed by atoms with Gasteiger partial charge in [0.2, 0.25) is 0 Å². The van der Waals surface area contributed by atoms with Crippen LogP contribution in [0.25, 0.3) is 11.3 Å². The summed E-state index contributed by atoms with van der Waals surface area (Å²) in [5.74, 6) is 0.417. The average Bonchev–Trinajstić information content (AvgIpc) is 3.31. The summed E-state index contributed by atoms with van der Waals surface area (Å²) in [7, 11) is 0. The van der Waals surface area contributed by atoms with E-state index in [0.717, 1.165) is 12.8 Å². The third kappa shape index (κ3) is 2.67. The highest BCUT2D eigenvalue weighted by atomic mass is 16.6. The van der Waals surface area contributed by atoms with E-state index in [1.54, 1.807) is 24.3 Å². The first-order valence-corrected chi connectivity index (χ1v) is 8.02. The summed E-state index contributed by atoms with van der Waals surface area (Å²) >= 11 is 0. The number of furan rings is 1. The van der Waals surface area contributed by atoms with Crippen molar-refractivity contribution in [1.29, 1.82) is 0 Å². The second-order valence-electron chi connectivity index (χ2n) is 6.33. The molecule has 2 N–H and O–H groups in total. The van der Waals surface area contributed by atoms with Crippen LogP contribution in [0, 0.1) is 10.1 Å². The van der Waals surface area contributed by atoms with E-state index in [1.165, 1.54) is 18.6 Å². The Morgan fingerprint density at radius 1 is 1.29 bits per heavy atom. The summed E-state index contributed by atoms with van der Waals surface area (Å²) in [5.41, 5.74) is 0.563. The fourth-order valence-corrected chi connectivity index (χ4v) is 3.61. The number of nitro benzene ring substituents is 1. The number of non-ortho nitro benzene ring substituents is 1. The number of nitro groups is 1. The van der Waals surface area contributed by atoms with Gasteiger partial charge in [-0.1, -0.05) is 12.1 Å². The zero-order valence-electron chi connectivity index (χ0n) is 12.9. The molecule has 3 atom stereocenters. The predicted molar refractivity (Wildman–Crippen MR) is 86.6 cm³/mol. The van der Waals surface area contributed by atoms with Crippen LogP contribution in [0.4, 0.5) is 5.69 Å². The summed E-state index contributed by atoms with van der Waals surface area (Å²) in [5, 5.41) is 17.3. The number of nitrogens with one attached hydrogen (secondary N) is 2. The Hall–Kier alpha value is -2.67. The summed E-state index contributed by atoms with van der Waals surface area (Å²) in [6, 6.07) is 10.4. The Bertz CT molecular complexity index is 801. The Balaban J connectivity index is 1.49. The molecule has 2 saturated heterocycles. The van der Waals surface area contributed by atoms with Crippen molar-refractivity contribution in [2.24, 2.45) is 0 Å². The van der Waals surface area contributed by atoms with Crippen molar-refractivity contribution in [1.82, 2.24) is 10.6 Å². The first-order chi connectivity index (χ1) is 11.6. The minimum absolute atomic E-state index is 0.0112. The number of carbonyl (C=O) groups is 1. The lowest BCUT2D eigenvalue weighted by Crippen LogP contribution is -2.42. The molecule has 124 valence electrons. The van der Waals surface area contributed by atoms with Crippen LogP contribution in [-0.2, 0) is 0 Å². The van der Waals surface area contributed by atoms with Crippen LogP contribution in [0.5, 0.6) is 0 Å². The van der Waals surface area contributed by atoms with Gasteiger partial charge in [-0.25, -0.2) is 0 Å². The van der Waals surface area contributed by atoms with Gasteiger partial charge in [-0.15, -0.1) is 0 Å². The monoisotopic (exact) mass is 327 g/mol. The number of fused-ring (bicyclic) bond motifs is 2. The number of benzene rings is 1. The minimum Gasteiger partial charge on any atom is -0.451 e. The van der Waals surface area contributed by atoms with Crippen LogP contribution in [0.2, 0.25) is 0 Å². The summed E-state index contributed by atoms with van der Waals surface area (Å²) in [6.45, 7) is 0. The third-order valence-electron chi connectivity index (χ3n) is 4.79. The van der Waals surface area contributed by atoms with Gasteiger partial charge in [0.05, 0.1) is 4.92 Å². The van der Waals surface area contributed by atoms with E-state index in [9.17, 15) is 14.9 Å². The first kappa shape index (κ1) is 14.9. The molecule has 1 aromatic heterocycles. The highest BCUT2D eigenvalue weighted by Crippen LogP contribution is 2.29. The Kier molecular flexibility index (Phi) is 3.57. The second-order valence-corrected chi connectivity index (χ2v) is 6.33. The van der Waals surface area contributed by atoms with Gasteiger partial charge in [0.1, 0.15) is 5.76 Å². The molecule has 0 radical (unpaired) electrons. The van der Waals surface area contributed by atoms with E-state index in [1.807, 2.05) is 0 Å². The number of rotatable bonds is 4. The van der Waals surface area contributed by atoms with Gasteiger partial charge in [-0.2, -0.15) is 0 Å². The molecule has 2 aliphatic rings. The molecule has 2 unspecified atom stereocenters. The van der Waals surface area contributed by atoms with Crippen LogP contribution >= 0.6 is 0 Å². The molecule has 7 heteroatoms. The number of hydrogen-bond acceptors (Lipinski definition) is 5. The van der Waals surface area contributed by atoms with E-state index in [0.29, 0.717) is 23.4 Å². The largest absolute Gasteiger partial charge is 0.451 e. The number of amides is 1. The molecule has 0 aliphatic carbocycles. The van der Waals surface area contributed by atoms with Crippen molar-refractivity contribution in [2.75, 3.05) is 0 Å². The van der Waals surface area contributed by atoms with E-state index >= 15 is 0 Å². The minimum atomic E-state index is -0.456. The maximum absolute atomic E-state index is 12.4. The maximum atomic E-state index is 12.4. The summed E-state index contributed by atoms with van der Waals surface area (Å²) < 4.78 is 5.60. The second kappa shape index (κ2) is 5.76. The molecular formula is C17H17N3O4. The molecule has 2 fully saturated rings. The highest BCUT2D eigenvalue weighted by Gasteiger charge is 2.39. The van der Waals surface area contributed by atoms with Gasteiger partial charge < -0.3 is 15.1 Å². The Morgan fingerprint density at radius 3 is 2.88 bits per heavy atom. The van der Waals surface area contributed by atoms with Gasteiger partial charge in [-0.3, -0.25) is 14.9 Å². The highest BCUT2D eigenvalue weighted by molar-refractivity contribution is 5.92. The van der Waals surface area contributed by atoms with E-state index in [4.69, 9.17) is 4.42 Å². The number of nitrogens with zero attached hydrogens (tertiary/aromatic N) is 1. The quantitative estimate of drug-likeness (QED) is 0.664. The molecule has 1 aromatic carbocycles. The normalized spacial score (nSPS) is 24.9. The standard InChI is InChI=1S/C17H17N3O4/c21-17(19-14-9-11-4-5-13(14)18-11)16-7-6-15(24-16)10-2-1-3-12(8-10)20(22)23/h1-3,6-8,11,13-14,18H,4-5,9H2,(H,19,21)/t11?,13?,14-/m1/s1. The van der Waals surface area contributed by atoms with Crippen LogP contribution < -0.4 is 10.6 Å². The lowest BCUT2D eigenvalue weighted by Gasteiger charge is -2.20. The number of hydrogen-bond donors (Lipinski definition) is 2. The molecule has 2 bridgehead atoms. The van der Waals surface area contributed by atoms with E-state index in [2.05, 4.69) is 10.6 Å². The lowest BCUT2D eigenvalue weighted by molar-refractivity contribution is -0.384. The van der Waals surface area contributed by atoms with Crippen molar-refractivity contribution in [2.45, 2.75) is 37.4 Å². The van der Waals surface area contributed by atoms with Crippen LogP contribution in [0.3, 0.4) is 0 Å². The van der Waals surface area contributed by atoms with Crippen LogP contribution in [0.1, 0.15) is 29.8 Å². The smallest absolute Gasteiger partial charge is 0.287 e. The molecule has 7 nitrogen and oxygen atoms in total. The SMILES string of the molecule is O=C(N[C@@H]1CC2CCC1N2)c1ccc(-c2cccc([N+](=O)[O-])c2)o1. The predicted octanol–water partition coefficient (Wildman–Crippen LogP) is 2.48. The molecule has 24 heavy (non-hydrogen) atoms. The van der Waals surface area contributed by atoms with E-state index < -0.39 is 4.92 Å². The third-order valence-corrected chi connectivity index (χ3v) is 4.79. The molecule has 1 amide bonds. The molecule has 0 saturated carbocycles. The zero-order valence-corrected chi connectivity index (χ0v) is 12.9. The van der Waals surface area contributed by atoms with Crippen LogP contribution in [-0.4, -0.2) is 29.0 Å². The van der Waals surface area contributed by atoms with Gasteiger partial charge in [-0.05, 0) is 31.4 Å². The number of carbonyl (C=O) groups excluding carboxylic acids is 1. The molecular weight excluding hydrogens is 310 g/mol. The molecule has 0 spiro atoms. The van der Waals surface area contributed by atoms with Gasteiger partial charge in [0.15, 0.2) is 5.76 Å². The Labute approximate surface area is 138 Å². The van der Waals surface area contributed by atoms with Gasteiger partial charge >= 0.3 is 0 Å². The fourth-order valence-electron chi connectivity index (χ4n) is 3.61. The van der Waals surface area contributed by atoms with Crippen molar-refractivity contribution >= 4 is 11.6 Å². The van der Waals surface area contributed by atoms with Crippen LogP contribution in [0.15, 0.2) is 40.8 Å². The topological polar surface area (TPSA) is 97.4 Å². The Morgan fingerprint density at radius 2 is 2.17 bits per heavy atom. The maximum Gasteiger partial charge on any atom is 0.287 e. The van der Waals surface area contributed by atoms with Gasteiger partial charge in [0, 0.05) is 35.8 Å². The summed E-state index contributed by atoms with van der Waals surface area (Å²) in [4.78, 5) is 22.8. The summed E-state index contributed by atoms with van der Waals surface area (Å²) in [6.07, 6.45) is 3.22.